The Bertz CT molecular complexity index is 888. The van der Waals surface area contributed by atoms with E-state index in [1.54, 1.807) is 18.2 Å². The summed E-state index contributed by atoms with van der Waals surface area (Å²) in [6, 6.07) is 11.1. The Balaban J connectivity index is 2.41. The van der Waals surface area contributed by atoms with Crippen LogP contribution in [0.25, 0.3) is 21.6 Å². The number of benzene rings is 1. The molecule has 21 heavy (non-hydrogen) atoms. The van der Waals surface area contributed by atoms with Crippen LogP contribution in [-0.4, -0.2) is 7.11 Å². The third-order valence-corrected chi connectivity index (χ3v) is 4.05. The summed E-state index contributed by atoms with van der Waals surface area (Å²) in [5, 5.41) is 11.2. The van der Waals surface area contributed by atoms with E-state index in [1.165, 1.54) is 18.4 Å². The molecule has 4 nitrogen and oxygen atoms in total. The summed E-state index contributed by atoms with van der Waals surface area (Å²) in [4.78, 5) is 13.4. The molecule has 5 heteroatoms. The Kier molecular flexibility index (Phi) is 3.46. The van der Waals surface area contributed by atoms with Gasteiger partial charge < -0.3 is 9.15 Å². The highest BCUT2D eigenvalue weighted by Crippen LogP contribution is 2.34. The smallest absolute Gasteiger partial charge is 0.235 e. The minimum atomic E-state index is -0.220. The van der Waals surface area contributed by atoms with Crippen LogP contribution < -0.4 is 10.2 Å². The summed E-state index contributed by atoms with van der Waals surface area (Å²) in [7, 11) is 1.45. The van der Waals surface area contributed by atoms with Crippen molar-refractivity contribution in [1.82, 2.24) is 0 Å². The van der Waals surface area contributed by atoms with Crippen molar-refractivity contribution >= 4 is 22.3 Å². The Morgan fingerprint density at radius 3 is 2.86 bits per heavy atom. The molecule has 0 spiro atoms. The van der Waals surface area contributed by atoms with Gasteiger partial charge in [0.2, 0.25) is 11.2 Å². The van der Waals surface area contributed by atoms with Crippen molar-refractivity contribution in [2.45, 2.75) is 6.42 Å². The van der Waals surface area contributed by atoms with E-state index in [1.807, 2.05) is 17.5 Å². The molecule has 104 valence electrons. The Morgan fingerprint density at radius 1 is 1.33 bits per heavy atom. The van der Waals surface area contributed by atoms with Crippen LogP contribution in [-0.2, 0) is 6.42 Å². The first-order valence-corrected chi connectivity index (χ1v) is 7.17. The predicted molar refractivity (Wildman–Crippen MR) is 81.7 cm³/mol. The molecule has 0 saturated heterocycles. The van der Waals surface area contributed by atoms with Crippen molar-refractivity contribution in [2.75, 3.05) is 7.11 Å². The van der Waals surface area contributed by atoms with Crippen LogP contribution in [0.2, 0.25) is 0 Å². The third-order valence-electron chi connectivity index (χ3n) is 3.18. The van der Waals surface area contributed by atoms with Gasteiger partial charge in [0.05, 0.1) is 29.9 Å². The standard InChI is InChI=1S/C16H11NO3S/c1-19-16-13(18)11-5-2-4-10(7-8-17)14(11)20-15(16)12-6-3-9-21-12/h2-6,9H,7H2,1H3. The van der Waals surface area contributed by atoms with Crippen molar-refractivity contribution in [3.05, 3.63) is 51.5 Å². The fraction of sp³-hybridized carbons (Fsp3) is 0.125. The lowest BCUT2D eigenvalue weighted by molar-refractivity contribution is 0.399. The van der Waals surface area contributed by atoms with E-state index in [0.717, 1.165) is 4.88 Å². The summed E-state index contributed by atoms with van der Waals surface area (Å²) in [6.07, 6.45) is 0.191. The molecule has 0 radical (unpaired) electrons. The van der Waals surface area contributed by atoms with Crippen LogP contribution in [0.4, 0.5) is 0 Å². The number of ether oxygens (including phenoxy) is 1. The maximum Gasteiger partial charge on any atom is 0.235 e. The number of hydrogen-bond acceptors (Lipinski definition) is 5. The first-order valence-electron chi connectivity index (χ1n) is 6.29. The molecular formula is C16H11NO3S. The number of para-hydroxylation sites is 1. The molecule has 3 rings (SSSR count). The molecule has 3 aromatic rings. The molecule has 2 heterocycles. The summed E-state index contributed by atoms with van der Waals surface area (Å²) in [5.74, 6) is 0.606. The number of nitriles is 1. The zero-order chi connectivity index (χ0) is 14.8. The van der Waals surface area contributed by atoms with Crippen LogP contribution in [0.5, 0.6) is 5.75 Å². The highest BCUT2D eigenvalue weighted by molar-refractivity contribution is 7.13. The van der Waals surface area contributed by atoms with E-state index in [9.17, 15) is 4.79 Å². The van der Waals surface area contributed by atoms with Gasteiger partial charge in [-0.05, 0) is 17.5 Å². The van der Waals surface area contributed by atoms with Gasteiger partial charge in [0.1, 0.15) is 5.58 Å². The van der Waals surface area contributed by atoms with E-state index in [4.69, 9.17) is 14.4 Å². The normalized spacial score (nSPS) is 10.5. The van der Waals surface area contributed by atoms with Crippen LogP contribution in [0, 0.1) is 11.3 Å². The van der Waals surface area contributed by atoms with E-state index < -0.39 is 0 Å². The number of rotatable bonds is 3. The van der Waals surface area contributed by atoms with Crippen molar-refractivity contribution in [3.63, 3.8) is 0 Å². The first kappa shape index (κ1) is 13.4. The Hall–Kier alpha value is -2.58. The lowest BCUT2D eigenvalue weighted by Crippen LogP contribution is -2.08. The van der Waals surface area contributed by atoms with E-state index in [-0.39, 0.29) is 17.6 Å². The zero-order valence-electron chi connectivity index (χ0n) is 11.3. The van der Waals surface area contributed by atoms with Gasteiger partial charge in [0.15, 0.2) is 5.76 Å². The molecule has 2 aromatic heterocycles. The Morgan fingerprint density at radius 2 is 2.19 bits per heavy atom. The molecule has 0 unspecified atom stereocenters. The molecule has 0 bridgehead atoms. The van der Waals surface area contributed by atoms with Crippen molar-refractivity contribution in [1.29, 1.82) is 5.26 Å². The van der Waals surface area contributed by atoms with Crippen LogP contribution >= 0.6 is 11.3 Å². The fourth-order valence-electron chi connectivity index (χ4n) is 2.24. The summed E-state index contributed by atoms with van der Waals surface area (Å²) in [5.41, 5.74) is 0.933. The molecular weight excluding hydrogens is 286 g/mol. The SMILES string of the molecule is COc1c(-c2cccs2)oc2c(CC#N)cccc2c1=O. The molecule has 0 aliphatic heterocycles. The minimum Gasteiger partial charge on any atom is -0.490 e. The molecule has 1 aromatic carbocycles. The maximum absolute atomic E-state index is 12.6. The second-order valence-electron chi connectivity index (χ2n) is 4.40. The van der Waals surface area contributed by atoms with E-state index in [0.29, 0.717) is 22.3 Å². The minimum absolute atomic E-state index is 0.191. The van der Waals surface area contributed by atoms with Gasteiger partial charge in [-0.25, -0.2) is 0 Å². The number of thiophene rings is 1. The second kappa shape index (κ2) is 5.43. The lowest BCUT2D eigenvalue weighted by Gasteiger charge is -2.09. The van der Waals surface area contributed by atoms with Gasteiger partial charge in [-0.3, -0.25) is 4.79 Å². The molecule has 0 saturated carbocycles. The quantitative estimate of drug-likeness (QED) is 0.741. The largest absolute Gasteiger partial charge is 0.490 e. The predicted octanol–water partition coefficient (Wildman–Crippen LogP) is 3.60. The average Bonchev–Trinajstić information content (AvgIpc) is 3.02. The fourth-order valence-corrected chi connectivity index (χ4v) is 2.94. The van der Waals surface area contributed by atoms with E-state index >= 15 is 0 Å². The van der Waals surface area contributed by atoms with Gasteiger partial charge in [-0.2, -0.15) is 5.26 Å². The molecule has 0 fully saturated rings. The average molecular weight is 297 g/mol. The number of hydrogen-bond donors (Lipinski definition) is 0. The zero-order valence-corrected chi connectivity index (χ0v) is 12.1. The molecule has 0 N–H and O–H groups in total. The second-order valence-corrected chi connectivity index (χ2v) is 5.35. The van der Waals surface area contributed by atoms with Crippen molar-refractivity contribution in [3.8, 4) is 22.5 Å². The van der Waals surface area contributed by atoms with Crippen molar-refractivity contribution in [2.24, 2.45) is 0 Å². The van der Waals surface area contributed by atoms with Gasteiger partial charge in [0.25, 0.3) is 0 Å². The van der Waals surface area contributed by atoms with Gasteiger partial charge in [-0.15, -0.1) is 11.3 Å². The van der Waals surface area contributed by atoms with Crippen LogP contribution in [0.15, 0.2) is 44.9 Å². The molecule has 0 aliphatic rings. The van der Waals surface area contributed by atoms with Gasteiger partial charge in [0, 0.05) is 5.56 Å². The molecule has 0 atom stereocenters. The highest BCUT2D eigenvalue weighted by Gasteiger charge is 2.18. The summed E-state index contributed by atoms with van der Waals surface area (Å²) < 4.78 is 11.2. The molecule has 0 amide bonds. The maximum atomic E-state index is 12.6. The van der Waals surface area contributed by atoms with Crippen LogP contribution in [0.1, 0.15) is 5.56 Å². The Labute approximate surface area is 124 Å². The van der Waals surface area contributed by atoms with E-state index in [2.05, 4.69) is 6.07 Å². The summed E-state index contributed by atoms with van der Waals surface area (Å²) >= 11 is 1.46. The van der Waals surface area contributed by atoms with Crippen molar-refractivity contribution < 1.29 is 9.15 Å². The monoisotopic (exact) mass is 297 g/mol. The molecule has 0 aliphatic carbocycles. The first-order chi connectivity index (χ1) is 10.3. The lowest BCUT2D eigenvalue weighted by atomic mass is 10.1. The number of nitrogens with zero attached hydrogens (tertiary/aromatic N) is 1. The van der Waals surface area contributed by atoms with Gasteiger partial charge >= 0.3 is 0 Å². The van der Waals surface area contributed by atoms with Gasteiger partial charge in [-0.1, -0.05) is 18.2 Å². The topological polar surface area (TPSA) is 63.2 Å². The number of fused-ring (bicyclic) bond motifs is 1. The number of methoxy groups -OCH3 is 1. The van der Waals surface area contributed by atoms with Crippen LogP contribution in [0.3, 0.4) is 0 Å². The highest BCUT2D eigenvalue weighted by atomic mass is 32.1. The third kappa shape index (κ3) is 2.20. The summed E-state index contributed by atoms with van der Waals surface area (Å²) in [6.45, 7) is 0.